The van der Waals surface area contributed by atoms with Crippen LogP contribution in [0.3, 0.4) is 0 Å². The normalized spacial score (nSPS) is 16.6. The Balaban J connectivity index is 1.59. The van der Waals surface area contributed by atoms with Gasteiger partial charge in [0.05, 0.1) is 10.9 Å². The fourth-order valence-corrected chi connectivity index (χ4v) is 4.84. The summed E-state index contributed by atoms with van der Waals surface area (Å²) in [5.74, 6) is -1.45. The molecular formula is C21H25F2N3O3S. The molecule has 1 saturated heterocycles. The van der Waals surface area contributed by atoms with E-state index >= 15 is 0 Å². The van der Waals surface area contributed by atoms with Crippen LogP contribution >= 0.6 is 0 Å². The number of hydrogen-bond donors (Lipinski definition) is 0. The SMILES string of the molecule is C[C@@H](C(=O)N1CCN(S(=O)(=O)c2ccccc2)CC1)N(C)Cc1ccc(F)cc1F. The summed E-state index contributed by atoms with van der Waals surface area (Å²) in [6.45, 7) is 2.87. The smallest absolute Gasteiger partial charge is 0.243 e. The first kappa shape index (κ1) is 22.3. The quantitative estimate of drug-likeness (QED) is 0.696. The van der Waals surface area contributed by atoms with E-state index in [0.29, 0.717) is 5.56 Å². The Morgan fingerprint density at radius 2 is 1.70 bits per heavy atom. The van der Waals surface area contributed by atoms with Crippen molar-refractivity contribution in [1.29, 1.82) is 0 Å². The summed E-state index contributed by atoms with van der Waals surface area (Å²) in [6, 6.07) is 11.1. The van der Waals surface area contributed by atoms with Crippen molar-refractivity contribution in [2.45, 2.75) is 24.4 Å². The van der Waals surface area contributed by atoms with E-state index in [2.05, 4.69) is 0 Å². The molecule has 0 aliphatic carbocycles. The van der Waals surface area contributed by atoms with Gasteiger partial charge < -0.3 is 4.90 Å². The third-order valence-electron chi connectivity index (χ3n) is 5.38. The van der Waals surface area contributed by atoms with Crippen LogP contribution in [0, 0.1) is 11.6 Å². The van der Waals surface area contributed by atoms with Crippen LogP contribution in [0.4, 0.5) is 8.78 Å². The van der Waals surface area contributed by atoms with Gasteiger partial charge in [-0.15, -0.1) is 0 Å². The third-order valence-corrected chi connectivity index (χ3v) is 7.30. The largest absolute Gasteiger partial charge is 0.339 e. The molecule has 0 saturated carbocycles. The predicted molar refractivity (Wildman–Crippen MR) is 109 cm³/mol. The standard InChI is InChI=1S/C21H25F2N3O3S/c1-16(24(2)15-17-8-9-18(22)14-20(17)23)21(27)25-10-12-26(13-11-25)30(28,29)19-6-4-3-5-7-19/h3-9,14,16H,10-13,15H2,1-2H3/t16-/m0/s1. The lowest BCUT2D eigenvalue weighted by molar-refractivity contribution is -0.137. The number of hydrogen-bond acceptors (Lipinski definition) is 4. The highest BCUT2D eigenvalue weighted by Crippen LogP contribution is 2.19. The summed E-state index contributed by atoms with van der Waals surface area (Å²) >= 11 is 0. The summed E-state index contributed by atoms with van der Waals surface area (Å²) in [4.78, 5) is 16.4. The zero-order valence-corrected chi connectivity index (χ0v) is 17.8. The second-order valence-corrected chi connectivity index (χ2v) is 9.31. The number of nitrogens with zero attached hydrogens (tertiary/aromatic N) is 3. The predicted octanol–water partition coefficient (Wildman–Crippen LogP) is 2.32. The van der Waals surface area contributed by atoms with E-state index in [1.807, 2.05) is 0 Å². The van der Waals surface area contributed by atoms with Gasteiger partial charge in [0.15, 0.2) is 0 Å². The van der Waals surface area contributed by atoms with Crippen molar-refractivity contribution >= 4 is 15.9 Å². The molecule has 1 amide bonds. The van der Waals surface area contributed by atoms with Crippen LogP contribution in [-0.2, 0) is 21.4 Å². The number of carbonyl (C=O) groups is 1. The molecule has 1 atom stereocenters. The van der Waals surface area contributed by atoms with Crippen molar-refractivity contribution in [3.05, 3.63) is 65.7 Å². The Hall–Kier alpha value is -2.36. The molecule has 3 rings (SSSR count). The maximum atomic E-state index is 13.9. The highest BCUT2D eigenvalue weighted by atomic mass is 32.2. The van der Waals surface area contributed by atoms with Crippen molar-refractivity contribution in [3.63, 3.8) is 0 Å². The molecule has 2 aromatic rings. The van der Waals surface area contributed by atoms with Gasteiger partial charge in [-0.1, -0.05) is 24.3 Å². The van der Waals surface area contributed by atoms with Gasteiger partial charge in [0.2, 0.25) is 15.9 Å². The highest BCUT2D eigenvalue weighted by Gasteiger charge is 2.32. The molecule has 9 heteroatoms. The van der Waals surface area contributed by atoms with Crippen LogP contribution in [0.2, 0.25) is 0 Å². The van der Waals surface area contributed by atoms with Gasteiger partial charge in [0, 0.05) is 44.4 Å². The van der Waals surface area contributed by atoms with Gasteiger partial charge in [0.25, 0.3) is 0 Å². The van der Waals surface area contributed by atoms with Crippen LogP contribution in [0.5, 0.6) is 0 Å². The van der Waals surface area contributed by atoms with E-state index in [1.54, 1.807) is 54.1 Å². The van der Waals surface area contributed by atoms with Gasteiger partial charge in [-0.2, -0.15) is 4.31 Å². The van der Waals surface area contributed by atoms with Crippen molar-refractivity contribution in [3.8, 4) is 0 Å². The van der Waals surface area contributed by atoms with E-state index < -0.39 is 27.7 Å². The number of rotatable bonds is 6. The average Bonchev–Trinajstić information content (AvgIpc) is 2.75. The molecule has 2 aromatic carbocycles. The van der Waals surface area contributed by atoms with E-state index in [0.717, 1.165) is 6.07 Å². The first-order valence-electron chi connectivity index (χ1n) is 9.68. The second-order valence-electron chi connectivity index (χ2n) is 7.37. The number of amides is 1. The van der Waals surface area contributed by atoms with Gasteiger partial charge in [-0.25, -0.2) is 17.2 Å². The van der Waals surface area contributed by atoms with Gasteiger partial charge in [-0.05, 0) is 32.2 Å². The fourth-order valence-electron chi connectivity index (χ4n) is 3.40. The van der Waals surface area contributed by atoms with Crippen LogP contribution in [0.1, 0.15) is 12.5 Å². The molecule has 6 nitrogen and oxygen atoms in total. The Labute approximate surface area is 175 Å². The van der Waals surface area contributed by atoms with Crippen LogP contribution in [0.25, 0.3) is 0 Å². The molecule has 1 aliphatic rings. The Bertz CT molecular complexity index is 994. The Morgan fingerprint density at radius 1 is 1.07 bits per heavy atom. The number of benzene rings is 2. The van der Waals surface area contributed by atoms with Crippen molar-refractivity contribution < 1.29 is 22.0 Å². The first-order valence-corrected chi connectivity index (χ1v) is 11.1. The summed E-state index contributed by atoms with van der Waals surface area (Å²) < 4.78 is 53.8. The van der Waals surface area contributed by atoms with E-state index in [-0.39, 0.29) is 43.5 Å². The van der Waals surface area contributed by atoms with E-state index in [1.165, 1.54) is 16.4 Å². The molecular weight excluding hydrogens is 412 g/mol. The van der Waals surface area contributed by atoms with Crippen molar-refractivity contribution in [2.75, 3.05) is 33.2 Å². The minimum atomic E-state index is -3.58. The molecule has 0 unspecified atom stereocenters. The van der Waals surface area contributed by atoms with Gasteiger partial charge >= 0.3 is 0 Å². The zero-order chi connectivity index (χ0) is 21.9. The molecule has 30 heavy (non-hydrogen) atoms. The first-order chi connectivity index (χ1) is 14.2. The highest BCUT2D eigenvalue weighted by molar-refractivity contribution is 7.89. The van der Waals surface area contributed by atoms with Gasteiger partial charge in [0.1, 0.15) is 11.6 Å². The zero-order valence-electron chi connectivity index (χ0n) is 17.0. The maximum absolute atomic E-state index is 13.9. The number of piperazine rings is 1. The molecule has 0 radical (unpaired) electrons. The molecule has 0 aromatic heterocycles. The van der Waals surface area contributed by atoms with Crippen LogP contribution < -0.4 is 0 Å². The van der Waals surface area contributed by atoms with Gasteiger partial charge in [-0.3, -0.25) is 9.69 Å². The van der Waals surface area contributed by atoms with Crippen molar-refractivity contribution in [1.82, 2.24) is 14.1 Å². The minimum absolute atomic E-state index is 0.154. The molecule has 0 bridgehead atoms. The Kier molecular flexibility index (Phi) is 6.84. The number of halogens is 2. The molecule has 0 N–H and O–H groups in total. The summed E-state index contributed by atoms with van der Waals surface area (Å²) in [6.07, 6.45) is 0. The number of likely N-dealkylation sites (N-methyl/N-ethyl adjacent to an activating group) is 1. The molecule has 0 spiro atoms. The van der Waals surface area contributed by atoms with Crippen LogP contribution in [0.15, 0.2) is 53.4 Å². The summed E-state index contributed by atoms with van der Waals surface area (Å²) in [7, 11) is -1.89. The topological polar surface area (TPSA) is 60.9 Å². The maximum Gasteiger partial charge on any atom is 0.243 e. The monoisotopic (exact) mass is 437 g/mol. The number of carbonyl (C=O) groups excluding carboxylic acids is 1. The Morgan fingerprint density at radius 3 is 2.30 bits per heavy atom. The fraction of sp³-hybridized carbons (Fsp3) is 0.381. The minimum Gasteiger partial charge on any atom is -0.339 e. The summed E-state index contributed by atoms with van der Waals surface area (Å²) in [5.41, 5.74) is 0.303. The average molecular weight is 438 g/mol. The second kappa shape index (κ2) is 9.20. The van der Waals surface area contributed by atoms with Crippen LogP contribution in [-0.4, -0.2) is 67.7 Å². The molecule has 162 valence electrons. The van der Waals surface area contributed by atoms with Crippen molar-refractivity contribution in [2.24, 2.45) is 0 Å². The molecule has 1 heterocycles. The third kappa shape index (κ3) is 4.85. The lowest BCUT2D eigenvalue weighted by Crippen LogP contribution is -2.54. The van der Waals surface area contributed by atoms with E-state index in [9.17, 15) is 22.0 Å². The number of sulfonamides is 1. The molecule has 1 fully saturated rings. The lowest BCUT2D eigenvalue weighted by Gasteiger charge is -2.36. The lowest BCUT2D eigenvalue weighted by atomic mass is 10.1. The summed E-state index contributed by atoms with van der Waals surface area (Å²) in [5, 5.41) is 0. The molecule has 1 aliphatic heterocycles. The van der Waals surface area contributed by atoms with E-state index in [4.69, 9.17) is 0 Å².